The van der Waals surface area contributed by atoms with Crippen molar-refractivity contribution in [3.05, 3.63) is 124 Å². The first-order chi connectivity index (χ1) is 32.9. The topological polar surface area (TPSA) is 160 Å². The summed E-state index contributed by atoms with van der Waals surface area (Å²) in [5, 5.41) is 8.10. The van der Waals surface area contributed by atoms with Gasteiger partial charge in [0.05, 0.1) is 5.33 Å². The summed E-state index contributed by atoms with van der Waals surface area (Å²) in [6, 6.07) is 31.8. The highest BCUT2D eigenvalue weighted by atomic mass is 79.9. The molecule has 12 nitrogen and oxygen atoms in total. The number of thiazole rings is 1. The Balaban J connectivity index is 0.000000211. The summed E-state index contributed by atoms with van der Waals surface area (Å²) in [4.78, 5) is 38.0. The highest BCUT2D eigenvalue weighted by Gasteiger charge is 2.21. The predicted octanol–water partition coefficient (Wildman–Crippen LogP) is 11.1. The number of aromatic nitrogens is 1. The SMILES string of the molecule is CCc1cccc(C(=O)CBr)c1.CCc1cccc(C(=O)c2sc(Nc3ccc(OC[C@@H](C)N4CCCC4)cc3)nc2N)c1.C[C@H](COc1ccc(NC(=S)N=C(N)SCP)cc1)N1CCCC1. The first-order valence-electron chi connectivity index (χ1n) is 23.2. The number of Topliss-reactive ketones (excluding diaryl/α,β-unsaturated/α-hetero) is 1. The molecular formula is C51H66BrN8O4PS3. The van der Waals surface area contributed by atoms with Gasteiger partial charge in [0.1, 0.15) is 35.4 Å². The fourth-order valence-electron chi connectivity index (χ4n) is 7.42. The van der Waals surface area contributed by atoms with Gasteiger partial charge in [0.15, 0.2) is 21.2 Å². The Kier molecular flexibility index (Phi) is 23.2. The fourth-order valence-corrected chi connectivity index (χ4v) is 9.73. The number of nitrogens with zero attached hydrogens (tertiary/aromatic N) is 4. The van der Waals surface area contributed by atoms with Gasteiger partial charge < -0.3 is 31.6 Å². The minimum Gasteiger partial charge on any atom is -0.492 e. The lowest BCUT2D eigenvalue weighted by molar-refractivity contribution is 0.102. The maximum atomic E-state index is 12.9. The van der Waals surface area contributed by atoms with E-state index in [1.165, 1.54) is 80.5 Å². The highest BCUT2D eigenvalue weighted by molar-refractivity contribution is 9.09. The molecule has 2 aliphatic rings. The van der Waals surface area contributed by atoms with Gasteiger partial charge in [-0.2, -0.15) is 4.99 Å². The number of hydrogen-bond donors (Lipinski definition) is 4. The molecule has 1 unspecified atom stereocenters. The molecule has 364 valence electrons. The van der Waals surface area contributed by atoms with E-state index >= 15 is 0 Å². The Labute approximate surface area is 427 Å². The Morgan fingerprint density at radius 1 is 0.824 bits per heavy atom. The van der Waals surface area contributed by atoms with E-state index in [0.717, 1.165) is 52.3 Å². The van der Waals surface area contributed by atoms with E-state index in [0.29, 0.717) is 56.5 Å². The van der Waals surface area contributed by atoms with Crippen LogP contribution in [0, 0.1) is 0 Å². The molecule has 0 saturated carbocycles. The first kappa shape index (κ1) is 54.5. The predicted molar refractivity (Wildman–Crippen MR) is 297 cm³/mol. The second kappa shape index (κ2) is 28.9. The Hall–Kier alpha value is -4.41. The fraction of sp³-hybridized carbons (Fsp3) is 0.392. The van der Waals surface area contributed by atoms with E-state index in [1.54, 1.807) is 0 Å². The van der Waals surface area contributed by atoms with E-state index in [1.807, 2.05) is 97.1 Å². The summed E-state index contributed by atoms with van der Waals surface area (Å²) < 4.78 is 11.8. The molecule has 2 aliphatic heterocycles. The molecule has 0 aliphatic carbocycles. The number of anilines is 4. The van der Waals surface area contributed by atoms with Gasteiger partial charge in [-0.1, -0.05) is 89.3 Å². The number of alkyl halides is 1. The van der Waals surface area contributed by atoms with E-state index < -0.39 is 0 Å². The number of aryl methyl sites for hydroxylation is 2. The summed E-state index contributed by atoms with van der Waals surface area (Å²) in [5.41, 5.74) is 18.1. The van der Waals surface area contributed by atoms with Crippen LogP contribution in [0.25, 0.3) is 0 Å². The van der Waals surface area contributed by atoms with Gasteiger partial charge in [-0.25, -0.2) is 4.98 Å². The minimum atomic E-state index is -0.0979. The standard InChI is InChI=1S/C25H30N4O2S.C16H25N4OPS2.C10H11BrO/c1-3-18-7-6-8-19(15-18)22(30)23-24(26)28-25(32-23)27-20-9-11-21(12-10-20)31-16-17(2)29-13-4-5-14-29;1-12(20-8-2-3-9-20)10-21-14-6-4-13(5-7-14)18-16(23)19-15(17)24-11-22;1-2-8-4-3-5-9(6-8)10(12)7-11/h6-12,15,17H,3-5,13-14,16,26H2,1-2H3,(H,27,28);4-7,12H,2-3,8-11,22H2,1H3,(H3,17,18,19,23);3-6H,2,7H2,1H3/t17-;12-;/m11./s1. The maximum absolute atomic E-state index is 12.9. The molecule has 6 N–H and O–H groups in total. The van der Waals surface area contributed by atoms with Gasteiger partial charge >= 0.3 is 0 Å². The van der Waals surface area contributed by atoms with Crippen LogP contribution >= 0.6 is 60.5 Å². The van der Waals surface area contributed by atoms with Crippen molar-refractivity contribution in [1.29, 1.82) is 0 Å². The number of halogens is 1. The number of rotatable bonds is 18. The van der Waals surface area contributed by atoms with Crippen molar-refractivity contribution >= 4 is 105 Å². The molecule has 3 heterocycles. The molecule has 0 radical (unpaired) electrons. The van der Waals surface area contributed by atoms with E-state index in [4.69, 9.17) is 33.2 Å². The van der Waals surface area contributed by atoms with Crippen LogP contribution in [0.5, 0.6) is 11.5 Å². The van der Waals surface area contributed by atoms with Gasteiger partial charge in [0.2, 0.25) is 5.78 Å². The number of likely N-dealkylation sites (tertiary alicyclic amines) is 2. The number of carbonyl (C=O) groups is 2. The van der Waals surface area contributed by atoms with Crippen LogP contribution in [0.4, 0.5) is 22.3 Å². The Morgan fingerprint density at radius 2 is 1.32 bits per heavy atom. The number of nitrogens with one attached hydrogen (secondary N) is 2. The molecule has 0 spiro atoms. The number of ketones is 2. The van der Waals surface area contributed by atoms with E-state index in [-0.39, 0.29) is 17.4 Å². The average Bonchev–Trinajstić information content (AvgIpc) is 4.18. The number of nitrogens with two attached hydrogens (primary N) is 2. The van der Waals surface area contributed by atoms with Crippen molar-refractivity contribution in [3.63, 3.8) is 0 Å². The second-order valence-corrected chi connectivity index (χ2v) is 20.4. The average molecular weight is 1060 g/mol. The number of carbonyl (C=O) groups excluding carboxylic acids is 2. The van der Waals surface area contributed by atoms with E-state index in [2.05, 4.69) is 83.3 Å². The molecule has 17 heteroatoms. The lowest BCUT2D eigenvalue weighted by Crippen LogP contribution is -2.34. The van der Waals surface area contributed by atoms with Crippen LogP contribution in [-0.2, 0) is 12.8 Å². The molecule has 0 bridgehead atoms. The van der Waals surface area contributed by atoms with Crippen LogP contribution < -0.4 is 31.6 Å². The van der Waals surface area contributed by atoms with Crippen molar-refractivity contribution in [3.8, 4) is 11.5 Å². The molecule has 5 aromatic rings. The summed E-state index contributed by atoms with van der Waals surface area (Å²) >= 11 is 11.0. The zero-order chi connectivity index (χ0) is 48.8. The van der Waals surface area contributed by atoms with Crippen molar-refractivity contribution in [2.45, 2.75) is 78.3 Å². The van der Waals surface area contributed by atoms with Crippen LogP contribution in [0.15, 0.2) is 102 Å². The number of hydrogen-bond acceptors (Lipinski definition) is 12. The highest BCUT2D eigenvalue weighted by Crippen LogP contribution is 2.31. The van der Waals surface area contributed by atoms with Crippen molar-refractivity contribution in [1.82, 2.24) is 14.8 Å². The number of amidine groups is 1. The first-order valence-corrected chi connectivity index (χ1v) is 27.3. The maximum Gasteiger partial charge on any atom is 0.206 e. The van der Waals surface area contributed by atoms with Crippen LogP contribution in [0.1, 0.15) is 90.1 Å². The third kappa shape index (κ3) is 17.8. The van der Waals surface area contributed by atoms with Crippen molar-refractivity contribution in [2.24, 2.45) is 10.7 Å². The smallest absolute Gasteiger partial charge is 0.206 e. The van der Waals surface area contributed by atoms with Gasteiger partial charge in [-0.15, -0.1) is 9.24 Å². The largest absolute Gasteiger partial charge is 0.492 e. The quantitative estimate of drug-likeness (QED) is 0.0164. The normalized spacial score (nSPS) is 14.7. The number of thioether (sulfide) groups is 1. The Morgan fingerprint density at radius 3 is 1.82 bits per heavy atom. The third-order valence-corrected chi connectivity index (χ3v) is 14.1. The number of nitrogen functional groups attached to an aromatic ring is 1. The Bertz CT molecular complexity index is 2390. The molecular weight excluding hydrogens is 996 g/mol. The summed E-state index contributed by atoms with van der Waals surface area (Å²) in [6.07, 6.45) is 7.02. The number of ether oxygens (including phenoxy) is 2. The van der Waals surface area contributed by atoms with Crippen LogP contribution in [-0.4, -0.2) is 98.9 Å². The minimum absolute atomic E-state index is 0.0979. The summed E-state index contributed by atoms with van der Waals surface area (Å²) in [6.45, 7) is 14.7. The van der Waals surface area contributed by atoms with Crippen LogP contribution in [0.2, 0.25) is 0 Å². The molecule has 3 atom stereocenters. The summed E-state index contributed by atoms with van der Waals surface area (Å²) in [5.74, 6) is 2.00. The van der Waals surface area contributed by atoms with Crippen LogP contribution in [0.3, 0.4) is 0 Å². The van der Waals surface area contributed by atoms with Gasteiger partial charge in [-0.3, -0.25) is 19.4 Å². The van der Waals surface area contributed by atoms with Gasteiger partial charge in [-0.05, 0) is 163 Å². The zero-order valence-corrected chi connectivity index (χ0v) is 44.7. The number of aliphatic imine (C=N–C) groups is 1. The van der Waals surface area contributed by atoms with E-state index in [9.17, 15) is 9.59 Å². The summed E-state index contributed by atoms with van der Waals surface area (Å²) in [7, 11) is 2.58. The molecule has 1 aromatic heterocycles. The molecule has 7 rings (SSSR count). The lowest BCUT2D eigenvalue weighted by atomic mass is 10.1. The number of thiocarbonyl (C=S) groups is 1. The van der Waals surface area contributed by atoms with Gasteiger partial charge in [0, 0.05) is 40.1 Å². The number of benzene rings is 4. The van der Waals surface area contributed by atoms with Crippen molar-refractivity contribution in [2.75, 3.05) is 66.6 Å². The molecule has 4 aromatic carbocycles. The monoisotopic (exact) mass is 1060 g/mol. The molecule has 0 amide bonds. The molecule has 68 heavy (non-hydrogen) atoms. The van der Waals surface area contributed by atoms with Crippen molar-refractivity contribution < 1.29 is 19.1 Å². The molecule has 2 fully saturated rings. The van der Waals surface area contributed by atoms with Gasteiger partial charge in [0.25, 0.3) is 0 Å². The zero-order valence-electron chi connectivity index (χ0n) is 39.5. The second-order valence-electron chi connectivity index (χ2n) is 16.4. The lowest BCUT2D eigenvalue weighted by Gasteiger charge is -2.23. The molecule has 2 saturated heterocycles. The third-order valence-electron chi connectivity index (χ3n) is 11.4.